The first-order chi connectivity index (χ1) is 5.84. The Labute approximate surface area is 77.7 Å². The van der Waals surface area contributed by atoms with Gasteiger partial charge in [-0.25, -0.2) is 0 Å². The van der Waals surface area contributed by atoms with E-state index in [2.05, 4.69) is 13.8 Å². The molecule has 1 saturated carbocycles. The van der Waals surface area contributed by atoms with Gasteiger partial charge in [0.25, 0.3) is 0 Å². The number of hydrogen-bond donors (Lipinski definition) is 0. The molecule has 1 aliphatic rings. The van der Waals surface area contributed by atoms with Gasteiger partial charge in [-0.1, -0.05) is 65.2 Å². The summed E-state index contributed by atoms with van der Waals surface area (Å²) >= 11 is 0. The molecule has 72 valence electrons. The molecule has 1 unspecified atom stereocenters. The zero-order chi connectivity index (χ0) is 8.81. The van der Waals surface area contributed by atoms with E-state index in [-0.39, 0.29) is 0 Å². The van der Waals surface area contributed by atoms with Crippen molar-refractivity contribution < 1.29 is 0 Å². The molecule has 0 aromatic heterocycles. The summed E-state index contributed by atoms with van der Waals surface area (Å²) < 4.78 is 0. The summed E-state index contributed by atoms with van der Waals surface area (Å²) in [6.45, 7) is 4.75. The maximum Gasteiger partial charge on any atom is -0.0388 e. The molecular weight excluding hydrogens is 144 g/mol. The first-order valence-corrected chi connectivity index (χ1v) is 5.84. The Bertz CT molecular complexity index is 107. The molecule has 0 N–H and O–H groups in total. The smallest absolute Gasteiger partial charge is 0.0388 e. The molecule has 1 aliphatic carbocycles. The normalized spacial score (nSPS) is 30.5. The van der Waals surface area contributed by atoms with Gasteiger partial charge in [-0.05, 0) is 11.8 Å². The molecule has 2 atom stereocenters. The average Bonchev–Trinajstić information content (AvgIpc) is 2.09. The van der Waals surface area contributed by atoms with E-state index < -0.39 is 0 Å². The Kier molecular flexibility index (Phi) is 4.72. The lowest BCUT2D eigenvalue weighted by Crippen LogP contribution is -2.16. The molecule has 0 spiro atoms. The van der Waals surface area contributed by atoms with Crippen LogP contribution in [0.3, 0.4) is 0 Å². The maximum atomic E-state index is 2.45. The second-order valence-corrected chi connectivity index (χ2v) is 4.52. The van der Waals surface area contributed by atoms with Crippen molar-refractivity contribution in [2.75, 3.05) is 0 Å². The van der Waals surface area contributed by atoms with E-state index >= 15 is 0 Å². The van der Waals surface area contributed by atoms with Crippen molar-refractivity contribution in [2.45, 2.75) is 65.2 Å². The lowest BCUT2D eigenvalue weighted by molar-refractivity contribution is 0.236. The molecule has 0 heterocycles. The first kappa shape index (κ1) is 10.1. The lowest BCUT2D eigenvalue weighted by atomic mass is 9.78. The second-order valence-electron chi connectivity index (χ2n) is 4.52. The SMILES string of the molecule is CCCCCC1CCCC[C@@H]1C. The summed E-state index contributed by atoms with van der Waals surface area (Å²) in [5, 5.41) is 0. The van der Waals surface area contributed by atoms with Crippen LogP contribution in [0.25, 0.3) is 0 Å². The van der Waals surface area contributed by atoms with E-state index in [1.165, 1.54) is 51.4 Å². The predicted octanol–water partition coefficient (Wildman–Crippen LogP) is 4.39. The van der Waals surface area contributed by atoms with E-state index in [0.29, 0.717) is 0 Å². The second kappa shape index (κ2) is 5.61. The van der Waals surface area contributed by atoms with Crippen LogP contribution in [0.4, 0.5) is 0 Å². The Morgan fingerprint density at radius 3 is 2.50 bits per heavy atom. The van der Waals surface area contributed by atoms with Gasteiger partial charge in [-0.15, -0.1) is 0 Å². The molecule has 0 aromatic carbocycles. The van der Waals surface area contributed by atoms with Gasteiger partial charge in [0, 0.05) is 0 Å². The number of rotatable bonds is 4. The highest BCUT2D eigenvalue weighted by molar-refractivity contribution is 4.71. The van der Waals surface area contributed by atoms with Crippen LogP contribution >= 0.6 is 0 Å². The van der Waals surface area contributed by atoms with Gasteiger partial charge in [0.05, 0.1) is 0 Å². The third-order valence-corrected chi connectivity index (χ3v) is 3.47. The molecule has 0 heteroatoms. The van der Waals surface area contributed by atoms with Crippen molar-refractivity contribution in [3.8, 4) is 0 Å². The van der Waals surface area contributed by atoms with Crippen molar-refractivity contribution in [3.05, 3.63) is 0 Å². The highest BCUT2D eigenvalue weighted by atomic mass is 14.3. The van der Waals surface area contributed by atoms with Gasteiger partial charge >= 0.3 is 0 Å². The molecule has 0 amide bonds. The van der Waals surface area contributed by atoms with Gasteiger partial charge < -0.3 is 0 Å². The Hall–Kier alpha value is 0. The van der Waals surface area contributed by atoms with Gasteiger partial charge in [0.15, 0.2) is 0 Å². The van der Waals surface area contributed by atoms with Gasteiger partial charge in [-0.2, -0.15) is 0 Å². The molecule has 0 aliphatic heterocycles. The van der Waals surface area contributed by atoms with Crippen molar-refractivity contribution in [2.24, 2.45) is 11.8 Å². The summed E-state index contributed by atoms with van der Waals surface area (Å²) in [5.41, 5.74) is 0. The quantitative estimate of drug-likeness (QED) is 0.546. The molecular formula is C12H24. The topological polar surface area (TPSA) is 0 Å². The molecule has 1 rings (SSSR count). The fourth-order valence-electron chi connectivity index (χ4n) is 2.48. The minimum absolute atomic E-state index is 1.02. The summed E-state index contributed by atoms with van der Waals surface area (Å²) in [6, 6.07) is 0. The molecule has 0 radical (unpaired) electrons. The first-order valence-electron chi connectivity index (χ1n) is 5.84. The van der Waals surface area contributed by atoms with Crippen LogP contribution in [-0.4, -0.2) is 0 Å². The fourth-order valence-corrected chi connectivity index (χ4v) is 2.48. The van der Waals surface area contributed by atoms with Gasteiger partial charge in [0.2, 0.25) is 0 Å². The predicted molar refractivity (Wildman–Crippen MR) is 55.3 cm³/mol. The molecule has 12 heavy (non-hydrogen) atoms. The van der Waals surface area contributed by atoms with Crippen LogP contribution in [-0.2, 0) is 0 Å². The standard InChI is InChI=1S/C12H24/c1-3-4-5-9-12-10-7-6-8-11(12)2/h11-12H,3-10H2,1-2H3/t11-,12?/m0/s1. The van der Waals surface area contributed by atoms with Crippen molar-refractivity contribution in [1.29, 1.82) is 0 Å². The summed E-state index contributed by atoms with van der Waals surface area (Å²) in [4.78, 5) is 0. The molecule has 1 fully saturated rings. The number of unbranched alkanes of at least 4 members (excludes halogenated alkanes) is 2. The van der Waals surface area contributed by atoms with Crippen LogP contribution in [0.2, 0.25) is 0 Å². The summed E-state index contributed by atoms with van der Waals surface area (Å²) in [6.07, 6.45) is 11.8. The van der Waals surface area contributed by atoms with Crippen LogP contribution in [0.5, 0.6) is 0 Å². The highest BCUT2D eigenvalue weighted by Crippen LogP contribution is 2.32. The third-order valence-electron chi connectivity index (χ3n) is 3.47. The minimum atomic E-state index is 1.02. The molecule has 0 nitrogen and oxygen atoms in total. The Balaban J connectivity index is 2.11. The largest absolute Gasteiger partial charge is 0.0654 e. The van der Waals surface area contributed by atoms with E-state index in [1.54, 1.807) is 0 Å². The summed E-state index contributed by atoms with van der Waals surface area (Å²) in [5.74, 6) is 2.10. The third kappa shape index (κ3) is 3.16. The average molecular weight is 168 g/mol. The highest BCUT2D eigenvalue weighted by Gasteiger charge is 2.19. The van der Waals surface area contributed by atoms with Gasteiger partial charge in [0.1, 0.15) is 0 Å². The van der Waals surface area contributed by atoms with Crippen LogP contribution in [0.1, 0.15) is 65.2 Å². The van der Waals surface area contributed by atoms with Crippen molar-refractivity contribution in [3.63, 3.8) is 0 Å². The Morgan fingerprint density at radius 2 is 1.83 bits per heavy atom. The zero-order valence-corrected chi connectivity index (χ0v) is 8.81. The summed E-state index contributed by atoms with van der Waals surface area (Å²) in [7, 11) is 0. The van der Waals surface area contributed by atoms with Crippen LogP contribution < -0.4 is 0 Å². The van der Waals surface area contributed by atoms with Crippen LogP contribution in [0.15, 0.2) is 0 Å². The van der Waals surface area contributed by atoms with E-state index in [9.17, 15) is 0 Å². The van der Waals surface area contributed by atoms with E-state index in [1.807, 2.05) is 0 Å². The number of hydrogen-bond acceptors (Lipinski definition) is 0. The van der Waals surface area contributed by atoms with E-state index in [0.717, 1.165) is 11.8 Å². The molecule has 0 aromatic rings. The lowest BCUT2D eigenvalue weighted by Gasteiger charge is -2.28. The molecule has 0 bridgehead atoms. The fraction of sp³-hybridized carbons (Fsp3) is 1.00. The maximum absolute atomic E-state index is 2.45. The minimum Gasteiger partial charge on any atom is -0.0654 e. The van der Waals surface area contributed by atoms with Crippen molar-refractivity contribution >= 4 is 0 Å². The van der Waals surface area contributed by atoms with E-state index in [4.69, 9.17) is 0 Å². The van der Waals surface area contributed by atoms with Gasteiger partial charge in [-0.3, -0.25) is 0 Å². The Morgan fingerprint density at radius 1 is 1.08 bits per heavy atom. The van der Waals surface area contributed by atoms with Crippen LogP contribution in [0, 0.1) is 11.8 Å². The molecule has 0 saturated heterocycles. The van der Waals surface area contributed by atoms with Crippen molar-refractivity contribution in [1.82, 2.24) is 0 Å². The zero-order valence-electron chi connectivity index (χ0n) is 8.81. The monoisotopic (exact) mass is 168 g/mol.